The van der Waals surface area contributed by atoms with Crippen molar-refractivity contribution in [3.63, 3.8) is 0 Å². The molecule has 0 radical (unpaired) electrons. The summed E-state index contributed by atoms with van der Waals surface area (Å²) >= 11 is 0. The first-order valence-corrected chi connectivity index (χ1v) is 7.72. The lowest BCUT2D eigenvalue weighted by atomic mass is 9.96. The Hall–Kier alpha value is -2.94. The highest BCUT2D eigenvalue weighted by molar-refractivity contribution is 5.85. The molecule has 0 amide bonds. The molecule has 116 valence electrons. The lowest BCUT2D eigenvalue weighted by molar-refractivity contribution is 1.14. The van der Waals surface area contributed by atoms with Crippen molar-refractivity contribution >= 4 is 17.1 Å². The van der Waals surface area contributed by atoms with E-state index < -0.39 is 0 Å². The molecule has 0 fully saturated rings. The molecule has 3 rings (SSSR count). The average molecular weight is 303 g/mol. The zero-order chi connectivity index (χ0) is 16.4. The predicted molar refractivity (Wildman–Crippen MR) is 99.9 cm³/mol. The number of hydrogen-bond acceptors (Lipinski definition) is 3. The molecular formula is C20H21N3. The van der Waals surface area contributed by atoms with Gasteiger partial charge in [0.25, 0.3) is 0 Å². The lowest BCUT2D eigenvalue weighted by Crippen LogP contribution is -1.95. The second-order valence-electron chi connectivity index (χ2n) is 5.70. The number of rotatable bonds is 3. The van der Waals surface area contributed by atoms with E-state index in [0.29, 0.717) is 11.4 Å². The Kier molecular flexibility index (Phi) is 3.94. The van der Waals surface area contributed by atoms with Gasteiger partial charge in [0.05, 0.1) is 0 Å². The Bertz CT molecular complexity index is 836. The highest BCUT2D eigenvalue weighted by Crippen LogP contribution is 2.33. The number of nitrogens with two attached hydrogens (primary N) is 3. The number of hydrogen-bond donors (Lipinski definition) is 3. The molecule has 0 unspecified atom stereocenters. The third-order valence-electron chi connectivity index (χ3n) is 4.11. The van der Waals surface area contributed by atoms with Crippen molar-refractivity contribution in [2.24, 2.45) is 0 Å². The quantitative estimate of drug-likeness (QED) is 0.630. The van der Waals surface area contributed by atoms with Gasteiger partial charge in [-0.2, -0.15) is 0 Å². The standard InChI is InChI=1S/C20H21N3/c1-2-13-3-5-14(6-4-13)17-9-7-15(11-19(17)22)18-10-8-16(21)12-20(18)23/h3-12H,2,21-23H2,1H3. The fourth-order valence-electron chi connectivity index (χ4n) is 2.76. The van der Waals surface area contributed by atoms with Crippen molar-refractivity contribution in [1.29, 1.82) is 0 Å². The molecular weight excluding hydrogens is 282 g/mol. The van der Waals surface area contributed by atoms with E-state index in [9.17, 15) is 0 Å². The van der Waals surface area contributed by atoms with Crippen LogP contribution in [0.2, 0.25) is 0 Å². The molecule has 3 heteroatoms. The van der Waals surface area contributed by atoms with E-state index in [1.165, 1.54) is 5.56 Å². The monoisotopic (exact) mass is 303 g/mol. The molecule has 0 aliphatic heterocycles. The topological polar surface area (TPSA) is 78.1 Å². The lowest BCUT2D eigenvalue weighted by Gasteiger charge is -2.11. The fraction of sp³-hybridized carbons (Fsp3) is 0.100. The van der Waals surface area contributed by atoms with Crippen molar-refractivity contribution in [2.45, 2.75) is 13.3 Å². The first-order valence-electron chi connectivity index (χ1n) is 7.72. The zero-order valence-corrected chi connectivity index (χ0v) is 13.2. The van der Waals surface area contributed by atoms with E-state index in [1.54, 1.807) is 6.07 Å². The summed E-state index contributed by atoms with van der Waals surface area (Å²) in [5.41, 5.74) is 25.6. The van der Waals surface area contributed by atoms with Crippen LogP contribution in [0.5, 0.6) is 0 Å². The Balaban J connectivity index is 2.00. The van der Waals surface area contributed by atoms with E-state index >= 15 is 0 Å². The van der Waals surface area contributed by atoms with Gasteiger partial charge in [0.1, 0.15) is 0 Å². The fourth-order valence-corrected chi connectivity index (χ4v) is 2.76. The molecule has 0 atom stereocenters. The minimum Gasteiger partial charge on any atom is -0.399 e. The minimum atomic E-state index is 0.657. The smallest absolute Gasteiger partial charge is 0.0414 e. The molecule has 0 saturated carbocycles. The van der Waals surface area contributed by atoms with Crippen molar-refractivity contribution in [1.82, 2.24) is 0 Å². The summed E-state index contributed by atoms with van der Waals surface area (Å²) in [6, 6.07) is 20.1. The van der Waals surface area contributed by atoms with E-state index in [1.807, 2.05) is 30.3 Å². The van der Waals surface area contributed by atoms with Crippen LogP contribution in [0, 0.1) is 0 Å². The van der Waals surface area contributed by atoms with Crippen LogP contribution in [0.1, 0.15) is 12.5 Å². The normalized spacial score (nSPS) is 10.7. The highest BCUT2D eigenvalue weighted by Gasteiger charge is 2.08. The molecule has 0 aliphatic carbocycles. The molecule has 0 saturated heterocycles. The molecule has 0 bridgehead atoms. The molecule has 0 aromatic heterocycles. The third kappa shape index (κ3) is 2.99. The van der Waals surface area contributed by atoms with Gasteiger partial charge in [-0.05, 0) is 41.3 Å². The molecule has 0 heterocycles. The van der Waals surface area contributed by atoms with Gasteiger partial charge in [-0.3, -0.25) is 0 Å². The molecule has 3 aromatic carbocycles. The summed E-state index contributed by atoms with van der Waals surface area (Å²) in [5, 5.41) is 0. The van der Waals surface area contributed by atoms with E-state index in [4.69, 9.17) is 17.2 Å². The number of nitrogen functional groups attached to an aromatic ring is 3. The van der Waals surface area contributed by atoms with Gasteiger partial charge in [-0.25, -0.2) is 0 Å². The molecule has 6 N–H and O–H groups in total. The van der Waals surface area contributed by atoms with Gasteiger partial charge in [0.2, 0.25) is 0 Å². The Morgan fingerprint density at radius 3 is 1.83 bits per heavy atom. The second-order valence-corrected chi connectivity index (χ2v) is 5.70. The molecule has 3 aromatic rings. The summed E-state index contributed by atoms with van der Waals surface area (Å²) in [4.78, 5) is 0. The summed E-state index contributed by atoms with van der Waals surface area (Å²) in [5.74, 6) is 0. The maximum atomic E-state index is 6.28. The summed E-state index contributed by atoms with van der Waals surface area (Å²) in [6.07, 6.45) is 1.03. The van der Waals surface area contributed by atoms with Gasteiger partial charge in [0.15, 0.2) is 0 Å². The van der Waals surface area contributed by atoms with Crippen LogP contribution >= 0.6 is 0 Å². The van der Waals surface area contributed by atoms with Crippen LogP contribution in [0.15, 0.2) is 60.7 Å². The predicted octanol–water partition coefficient (Wildman–Crippen LogP) is 4.33. The number of aryl methyl sites for hydroxylation is 1. The number of benzene rings is 3. The van der Waals surface area contributed by atoms with Gasteiger partial charge in [-0.1, -0.05) is 49.4 Å². The van der Waals surface area contributed by atoms with Crippen molar-refractivity contribution in [2.75, 3.05) is 17.2 Å². The zero-order valence-electron chi connectivity index (χ0n) is 13.2. The van der Waals surface area contributed by atoms with Gasteiger partial charge in [-0.15, -0.1) is 0 Å². The maximum Gasteiger partial charge on any atom is 0.0414 e. The van der Waals surface area contributed by atoms with Crippen molar-refractivity contribution < 1.29 is 0 Å². The highest BCUT2D eigenvalue weighted by atomic mass is 14.6. The largest absolute Gasteiger partial charge is 0.399 e. The summed E-state index contributed by atoms with van der Waals surface area (Å²) in [7, 11) is 0. The van der Waals surface area contributed by atoms with Crippen molar-refractivity contribution in [3.05, 3.63) is 66.2 Å². The Labute approximate surface area is 136 Å². The first-order chi connectivity index (χ1) is 11.1. The van der Waals surface area contributed by atoms with Crippen LogP contribution in [-0.4, -0.2) is 0 Å². The minimum absolute atomic E-state index is 0.657. The Morgan fingerprint density at radius 2 is 1.22 bits per heavy atom. The van der Waals surface area contributed by atoms with Gasteiger partial charge in [0, 0.05) is 28.2 Å². The van der Waals surface area contributed by atoms with Crippen LogP contribution in [-0.2, 0) is 6.42 Å². The number of anilines is 3. The van der Waals surface area contributed by atoms with E-state index in [0.717, 1.165) is 34.4 Å². The maximum absolute atomic E-state index is 6.28. The van der Waals surface area contributed by atoms with Crippen LogP contribution in [0.25, 0.3) is 22.3 Å². The summed E-state index contributed by atoms with van der Waals surface area (Å²) < 4.78 is 0. The summed E-state index contributed by atoms with van der Waals surface area (Å²) in [6.45, 7) is 2.15. The Morgan fingerprint density at radius 1 is 0.652 bits per heavy atom. The molecule has 3 nitrogen and oxygen atoms in total. The second kappa shape index (κ2) is 6.05. The van der Waals surface area contributed by atoms with E-state index in [-0.39, 0.29) is 0 Å². The molecule has 0 aliphatic rings. The van der Waals surface area contributed by atoms with Gasteiger partial charge >= 0.3 is 0 Å². The van der Waals surface area contributed by atoms with Gasteiger partial charge < -0.3 is 17.2 Å². The molecule has 0 spiro atoms. The third-order valence-corrected chi connectivity index (χ3v) is 4.11. The van der Waals surface area contributed by atoms with Crippen LogP contribution in [0.4, 0.5) is 17.1 Å². The van der Waals surface area contributed by atoms with E-state index in [2.05, 4.69) is 31.2 Å². The van der Waals surface area contributed by atoms with Crippen molar-refractivity contribution in [3.8, 4) is 22.3 Å². The average Bonchev–Trinajstić information content (AvgIpc) is 2.55. The first kappa shape index (κ1) is 15.0. The van der Waals surface area contributed by atoms with Crippen LogP contribution in [0.3, 0.4) is 0 Å². The van der Waals surface area contributed by atoms with Crippen LogP contribution < -0.4 is 17.2 Å². The SMILES string of the molecule is CCc1ccc(-c2ccc(-c3ccc(N)cc3N)cc2N)cc1. The molecule has 23 heavy (non-hydrogen) atoms.